The van der Waals surface area contributed by atoms with Crippen molar-refractivity contribution in [3.05, 3.63) is 65.7 Å². The molecular weight excluding hydrogens is 232 g/mol. The molecule has 1 unspecified atom stereocenters. The van der Waals surface area contributed by atoms with E-state index < -0.39 is 0 Å². The van der Waals surface area contributed by atoms with Gasteiger partial charge < -0.3 is 11.1 Å². The first-order valence-corrected chi connectivity index (χ1v) is 6.99. The Balaban J connectivity index is 1.86. The van der Waals surface area contributed by atoms with Crippen molar-refractivity contribution >= 4 is 5.69 Å². The Morgan fingerprint density at radius 2 is 1.68 bits per heavy atom. The van der Waals surface area contributed by atoms with E-state index in [0.29, 0.717) is 6.54 Å². The molecule has 0 heterocycles. The quantitative estimate of drug-likeness (QED) is 0.852. The summed E-state index contributed by atoms with van der Waals surface area (Å²) in [5.41, 5.74) is 9.94. The molecule has 1 aliphatic carbocycles. The number of rotatable bonds is 5. The van der Waals surface area contributed by atoms with Gasteiger partial charge in [-0.25, -0.2) is 0 Å². The summed E-state index contributed by atoms with van der Waals surface area (Å²) >= 11 is 0. The van der Waals surface area contributed by atoms with E-state index in [-0.39, 0.29) is 6.04 Å². The molecule has 0 aromatic heterocycles. The summed E-state index contributed by atoms with van der Waals surface area (Å²) in [5.74, 6) is 0.753. The van der Waals surface area contributed by atoms with Crippen molar-refractivity contribution in [2.75, 3.05) is 11.9 Å². The molecule has 0 bridgehead atoms. The van der Waals surface area contributed by atoms with Crippen LogP contribution in [0.25, 0.3) is 0 Å². The predicted octanol–water partition coefficient (Wildman–Crippen LogP) is 3.68. The van der Waals surface area contributed by atoms with Gasteiger partial charge in [0, 0.05) is 12.2 Å². The monoisotopic (exact) mass is 252 g/mol. The van der Waals surface area contributed by atoms with E-state index in [1.165, 1.54) is 24.0 Å². The maximum Gasteiger partial charge on any atom is 0.0638 e. The van der Waals surface area contributed by atoms with Gasteiger partial charge >= 0.3 is 0 Å². The van der Waals surface area contributed by atoms with Gasteiger partial charge in [-0.3, -0.25) is 0 Å². The van der Waals surface area contributed by atoms with Crippen LogP contribution in [-0.4, -0.2) is 6.54 Å². The van der Waals surface area contributed by atoms with Crippen molar-refractivity contribution in [2.24, 2.45) is 5.73 Å². The molecule has 2 aromatic rings. The van der Waals surface area contributed by atoms with Crippen molar-refractivity contribution in [1.29, 1.82) is 0 Å². The summed E-state index contributed by atoms with van der Waals surface area (Å²) in [6.45, 7) is 0.610. The number of hydrogen-bond acceptors (Lipinski definition) is 2. The Hall–Kier alpha value is -1.80. The topological polar surface area (TPSA) is 38.0 Å². The zero-order valence-corrected chi connectivity index (χ0v) is 11.0. The van der Waals surface area contributed by atoms with Crippen LogP contribution in [0.1, 0.15) is 35.9 Å². The zero-order valence-electron chi connectivity index (χ0n) is 11.0. The maximum absolute atomic E-state index is 5.98. The van der Waals surface area contributed by atoms with E-state index in [1.807, 2.05) is 18.2 Å². The lowest BCUT2D eigenvalue weighted by Crippen LogP contribution is -2.21. The highest BCUT2D eigenvalue weighted by atomic mass is 14.9. The van der Waals surface area contributed by atoms with Gasteiger partial charge in [0.1, 0.15) is 0 Å². The Bertz CT molecular complexity index is 532. The minimum atomic E-state index is 0.194. The van der Waals surface area contributed by atoms with Crippen LogP contribution in [0.5, 0.6) is 0 Å². The second-order valence-corrected chi connectivity index (χ2v) is 5.20. The van der Waals surface area contributed by atoms with Crippen LogP contribution in [0.15, 0.2) is 54.6 Å². The van der Waals surface area contributed by atoms with Crippen molar-refractivity contribution in [2.45, 2.75) is 24.8 Å². The maximum atomic E-state index is 5.98. The Labute approximate surface area is 114 Å². The fourth-order valence-electron chi connectivity index (χ4n) is 2.59. The number of para-hydroxylation sites is 1. The normalized spacial score (nSPS) is 16.1. The average Bonchev–Trinajstić information content (AvgIpc) is 3.30. The van der Waals surface area contributed by atoms with Gasteiger partial charge in [-0.2, -0.15) is 0 Å². The highest BCUT2D eigenvalue weighted by Crippen LogP contribution is 2.43. The molecule has 1 atom stereocenters. The van der Waals surface area contributed by atoms with E-state index in [4.69, 9.17) is 5.73 Å². The Morgan fingerprint density at radius 1 is 1.00 bits per heavy atom. The van der Waals surface area contributed by atoms with Crippen LogP contribution in [0, 0.1) is 0 Å². The van der Waals surface area contributed by atoms with Crippen LogP contribution >= 0.6 is 0 Å². The fraction of sp³-hybridized carbons (Fsp3) is 0.294. The van der Waals surface area contributed by atoms with Gasteiger partial charge in [0.25, 0.3) is 0 Å². The van der Waals surface area contributed by atoms with Gasteiger partial charge in [-0.15, -0.1) is 0 Å². The second-order valence-electron chi connectivity index (χ2n) is 5.20. The van der Waals surface area contributed by atoms with Crippen LogP contribution in [-0.2, 0) is 0 Å². The molecule has 0 amide bonds. The number of benzene rings is 2. The van der Waals surface area contributed by atoms with Gasteiger partial charge in [0.15, 0.2) is 0 Å². The first-order chi connectivity index (χ1) is 9.38. The molecule has 0 aliphatic heterocycles. The lowest BCUT2D eigenvalue weighted by molar-refractivity contribution is 0.776. The highest BCUT2D eigenvalue weighted by Gasteiger charge is 2.27. The van der Waals surface area contributed by atoms with Gasteiger partial charge in [-0.05, 0) is 42.0 Å². The van der Waals surface area contributed by atoms with Crippen LogP contribution in [0.4, 0.5) is 5.69 Å². The number of nitrogens with two attached hydrogens (primary N) is 1. The Kier molecular flexibility index (Phi) is 3.51. The molecule has 0 radical (unpaired) electrons. The molecule has 0 saturated heterocycles. The first kappa shape index (κ1) is 12.2. The summed E-state index contributed by atoms with van der Waals surface area (Å²) in [6.07, 6.45) is 2.64. The number of hydrogen-bond donors (Lipinski definition) is 2. The van der Waals surface area contributed by atoms with E-state index in [0.717, 1.165) is 11.6 Å². The van der Waals surface area contributed by atoms with E-state index in [1.54, 1.807) is 0 Å². The molecule has 2 aromatic carbocycles. The van der Waals surface area contributed by atoms with Crippen LogP contribution < -0.4 is 11.1 Å². The van der Waals surface area contributed by atoms with Gasteiger partial charge in [0.2, 0.25) is 0 Å². The molecule has 3 rings (SSSR count). The third-order valence-electron chi connectivity index (χ3n) is 3.74. The number of anilines is 1. The van der Waals surface area contributed by atoms with E-state index >= 15 is 0 Å². The minimum absolute atomic E-state index is 0.194. The average molecular weight is 252 g/mol. The van der Waals surface area contributed by atoms with Gasteiger partial charge in [0.05, 0.1) is 6.04 Å². The molecule has 2 nitrogen and oxygen atoms in total. The molecule has 2 heteroatoms. The minimum Gasteiger partial charge on any atom is -0.377 e. The molecule has 1 aliphatic rings. The lowest BCUT2D eigenvalue weighted by atomic mass is 9.97. The van der Waals surface area contributed by atoms with Gasteiger partial charge in [-0.1, -0.05) is 42.5 Å². The largest absolute Gasteiger partial charge is 0.377 e. The number of nitrogens with one attached hydrogen (secondary N) is 1. The molecule has 98 valence electrons. The molecule has 3 N–H and O–H groups in total. The summed E-state index contributed by atoms with van der Waals surface area (Å²) in [6, 6.07) is 19.2. The summed E-state index contributed by atoms with van der Waals surface area (Å²) in [5, 5.41) is 3.54. The van der Waals surface area contributed by atoms with Crippen molar-refractivity contribution < 1.29 is 0 Å². The van der Waals surface area contributed by atoms with E-state index in [9.17, 15) is 0 Å². The van der Waals surface area contributed by atoms with Crippen molar-refractivity contribution in [3.63, 3.8) is 0 Å². The van der Waals surface area contributed by atoms with E-state index in [2.05, 4.69) is 41.7 Å². The molecule has 1 fully saturated rings. The molecular formula is C17H20N2. The smallest absolute Gasteiger partial charge is 0.0638 e. The van der Waals surface area contributed by atoms with Crippen molar-refractivity contribution in [3.8, 4) is 0 Å². The summed E-state index contributed by atoms with van der Waals surface area (Å²) in [7, 11) is 0. The highest BCUT2D eigenvalue weighted by molar-refractivity contribution is 5.47. The molecule has 19 heavy (non-hydrogen) atoms. The SMILES string of the molecule is NCC(Nc1ccccc1)c1ccccc1C1CC1. The zero-order chi connectivity index (χ0) is 13.1. The molecule has 1 saturated carbocycles. The second kappa shape index (κ2) is 5.45. The lowest BCUT2D eigenvalue weighted by Gasteiger charge is -2.21. The fourth-order valence-corrected chi connectivity index (χ4v) is 2.59. The summed E-state index contributed by atoms with van der Waals surface area (Å²) < 4.78 is 0. The first-order valence-electron chi connectivity index (χ1n) is 6.99. The third-order valence-corrected chi connectivity index (χ3v) is 3.74. The summed E-state index contributed by atoms with van der Waals surface area (Å²) in [4.78, 5) is 0. The van der Waals surface area contributed by atoms with Crippen LogP contribution in [0.3, 0.4) is 0 Å². The van der Waals surface area contributed by atoms with Crippen LogP contribution in [0.2, 0.25) is 0 Å². The van der Waals surface area contributed by atoms with Crippen molar-refractivity contribution in [1.82, 2.24) is 0 Å². The standard InChI is InChI=1S/C17H20N2/c18-12-17(19-14-6-2-1-3-7-14)16-9-5-4-8-15(16)13-10-11-13/h1-9,13,17,19H,10-12,18H2. The molecule has 0 spiro atoms. The third kappa shape index (κ3) is 2.79. The Morgan fingerprint density at radius 3 is 2.37 bits per heavy atom. The predicted molar refractivity (Wildman–Crippen MR) is 80.3 cm³/mol.